The van der Waals surface area contributed by atoms with Crippen LogP contribution >= 0.6 is 0 Å². The van der Waals surface area contributed by atoms with Crippen LogP contribution in [0.4, 0.5) is 5.69 Å². The van der Waals surface area contributed by atoms with Gasteiger partial charge in [-0.15, -0.1) is 0 Å². The summed E-state index contributed by atoms with van der Waals surface area (Å²) < 4.78 is 5.27. The number of benzene rings is 1. The number of aliphatic imine (C=N–C) groups is 2. The summed E-state index contributed by atoms with van der Waals surface area (Å²) in [5.74, 6) is -0.558. The minimum absolute atomic E-state index is 0.0518. The van der Waals surface area contributed by atoms with E-state index >= 15 is 0 Å². The van der Waals surface area contributed by atoms with E-state index in [1.807, 2.05) is 0 Å². The van der Waals surface area contributed by atoms with Gasteiger partial charge in [0.25, 0.3) is 0 Å². The minimum atomic E-state index is -1.42. The number of guanidine groups is 2. The number of carbonyl (C=O) groups is 1. The number of nitrogens with zero attached hydrogens (tertiary/aromatic N) is 2. The van der Waals surface area contributed by atoms with Crippen LogP contribution in [-0.2, 0) is 4.74 Å². The first-order chi connectivity index (χ1) is 9.67. The first-order valence-corrected chi connectivity index (χ1v) is 10.1. The lowest BCUT2D eigenvalue weighted by atomic mass is 10.2. The molecule has 0 aliphatic carbocycles. The zero-order valence-electron chi connectivity index (χ0n) is 12.5. The maximum atomic E-state index is 11.9. The minimum Gasteiger partial charge on any atom is -0.466 e. The van der Waals surface area contributed by atoms with Gasteiger partial charge >= 0.3 is 5.97 Å². The van der Waals surface area contributed by atoms with Crippen molar-refractivity contribution in [2.24, 2.45) is 27.2 Å². The second kappa shape index (κ2) is 6.89. The molecular weight excluding hydrogens is 286 g/mol. The Morgan fingerprint density at radius 2 is 1.71 bits per heavy atom. The van der Waals surface area contributed by atoms with Gasteiger partial charge in [-0.3, -0.25) is 0 Å². The number of hydrogen-bond donors (Lipinski definition) is 3. The third-order valence-electron chi connectivity index (χ3n) is 2.23. The maximum Gasteiger partial charge on any atom is 0.337 e. The van der Waals surface area contributed by atoms with Crippen molar-refractivity contribution in [3.8, 4) is 0 Å². The Hall–Kier alpha value is -2.35. The van der Waals surface area contributed by atoms with E-state index in [9.17, 15) is 4.79 Å². The van der Waals surface area contributed by atoms with Crippen molar-refractivity contribution >= 4 is 31.6 Å². The van der Waals surface area contributed by atoms with Crippen LogP contribution in [0.1, 0.15) is 10.4 Å². The maximum absolute atomic E-state index is 11.9. The standard InChI is InChI=1S/C13H21N5O2Si/c1-21(2,3)8-20-11(19)9-4-6-10(7-5-9)17-13(16)18-12(14)15/h4-7H,8H2,1-3H3,(H6,14,15,16,17,18). The van der Waals surface area contributed by atoms with E-state index in [-0.39, 0.29) is 17.9 Å². The highest BCUT2D eigenvalue weighted by Gasteiger charge is 2.17. The van der Waals surface area contributed by atoms with E-state index in [0.29, 0.717) is 17.5 Å². The molecule has 1 aromatic rings. The van der Waals surface area contributed by atoms with E-state index in [4.69, 9.17) is 21.9 Å². The van der Waals surface area contributed by atoms with Crippen LogP contribution in [0.2, 0.25) is 19.6 Å². The highest BCUT2D eigenvalue weighted by atomic mass is 28.3. The number of carbonyl (C=O) groups excluding carboxylic acids is 1. The topological polar surface area (TPSA) is 129 Å². The van der Waals surface area contributed by atoms with Gasteiger partial charge in [0.05, 0.1) is 25.6 Å². The lowest BCUT2D eigenvalue weighted by molar-refractivity contribution is 0.0565. The summed E-state index contributed by atoms with van der Waals surface area (Å²) in [6.07, 6.45) is 0.489. The van der Waals surface area contributed by atoms with Gasteiger partial charge in [-0.2, -0.15) is 4.99 Å². The highest BCUT2D eigenvalue weighted by Crippen LogP contribution is 2.14. The van der Waals surface area contributed by atoms with E-state index in [2.05, 4.69) is 29.6 Å². The lowest BCUT2D eigenvalue weighted by Crippen LogP contribution is -2.29. The fraction of sp³-hybridized carbons (Fsp3) is 0.308. The van der Waals surface area contributed by atoms with Crippen molar-refractivity contribution < 1.29 is 9.53 Å². The lowest BCUT2D eigenvalue weighted by Gasteiger charge is -2.15. The number of esters is 1. The van der Waals surface area contributed by atoms with E-state index < -0.39 is 8.07 Å². The second-order valence-corrected chi connectivity index (χ2v) is 11.1. The van der Waals surface area contributed by atoms with E-state index in [1.165, 1.54) is 0 Å². The highest BCUT2D eigenvalue weighted by molar-refractivity contribution is 6.76. The van der Waals surface area contributed by atoms with Crippen molar-refractivity contribution in [2.45, 2.75) is 19.6 Å². The fourth-order valence-corrected chi connectivity index (χ4v) is 1.89. The van der Waals surface area contributed by atoms with Crippen LogP contribution in [0.15, 0.2) is 34.3 Å². The summed E-state index contributed by atoms with van der Waals surface area (Å²) in [5, 5.41) is 0. The summed E-state index contributed by atoms with van der Waals surface area (Å²) in [5.41, 5.74) is 16.9. The molecule has 0 fully saturated rings. The average Bonchev–Trinajstić information content (AvgIpc) is 2.35. The van der Waals surface area contributed by atoms with Gasteiger partial charge in [0, 0.05) is 0 Å². The van der Waals surface area contributed by atoms with Crippen molar-refractivity contribution in [3.63, 3.8) is 0 Å². The largest absolute Gasteiger partial charge is 0.466 e. The molecule has 0 radical (unpaired) electrons. The number of hydrogen-bond acceptors (Lipinski definition) is 3. The summed E-state index contributed by atoms with van der Waals surface area (Å²) in [6.45, 7) is 6.39. The molecule has 0 amide bonds. The molecule has 0 bridgehead atoms. The van der Waals surface area contributed by atoms with Crippen LogP contribution < -0.4 is 17.2 Å². The molecule has 1 aromatic carbocycles. The van der Waals surface area contributed by atoms with Gasteiger partial charge < -0.3 is 21.9 Å². The number of rotatable bonds is 4. The molecule has 6 N–H and O–H groups in total. The average molecular weight is 307 g/mol. The first-order valence-electron chi connectivity index (χ1n) is 6.38. The van der Waals surface area contributed by atoms with Gasteiger partial charge in [-0.05, 0) is 24.3 Å². The van der Waals surface area contributed by atoms with Gasteiger partial charge in [0.15, 0.2) is 5.96 Å². The molecule has 0 spiro atoms. The molecule has 21 heavy (non-hydrogen) atoms. The van der Waals surface area contributed by atoms with E-state index in [0.717, 1.165) is 0 Å². The molecule has 0 aliphatic rings. The van der Waals surface area contributed by atoms with Gasteiger partial charge in [0.2, 0.25) is 5.96 Å². The predicted octanol–water partition coefficient (Wildman–Crippen LogP) is 0.940. The molecule has 0 aromatic heterocycles. The van der Waals surface area contributed by atoms with Crippen LogP contribution in [0.3, 0.4) is 0 Å². The Morgan fingerprint density at radius 1 is 1.14 bits per heavy atom. The molecule has 0 saturated heterocycles. The van der Waals surface area contributed by atoms with Crippen LogP contribution in [0.25, 0.3) is 0 Å². The normalized spacial score (nSPS) is 11.9. The predicted molar refractivity (Wildman–Crippen MR) is 87.2 cm³/mol. The van der Waals surface area contributed by atoms with Gasteiger partial charge in [-0.25, -0.2) is 9.79 Å². The van der Waals surface area contributed by atoms with Crippen molar-refractivity contribution in [1.82, 2.24) is 0 Å². The molecule has 0 heterocycles. The summed E-state index contributed by atoms with van der Waals surface area (Å²) >= 11 is 0. The third-order valence-corrected chi connectivity index (χ3v) is 3.24. The Kier molecular flexibility index (Phi) is 5.48. The van der Waals surface area contributed by atoms with E-state index in [1.54, 1.807) is 24.3 Å². The monoisotopic (exact) mass is 307 g/mol. The third kappa shape index (κ3) is 6.57. The first kappa shape index (κ1) is 16.7. The Labute approximate surface area is 124 Å². The molecule has 0 saturated carbocycles. The van der Waals surface area contributed by atoms with Crippen LogP contribution in [0.5, 0.6) is 0 Å². The number of nitrogens with two attached hydrogens (primary N) is 3. The molecule has 0 aliphatic heterocycles. The zero-order valence-corrected chi connectivity index (χ0v) is 13.5. The van der Waals surface area contributed by atoms with Crippen molar-refractivity contribution in [1.29, 1.82) is 0 Å². The van der Waals surface area contributed by atoms with Crippen LogP contribution in [0, 0.1) is 0 Å². The second-order valence-electron chi connectivity index (χ2n) is 5.69. The Bertz CT molecular complexity index is 557. The van der Waals surface area contributed by atoms with Gasteiger partial charge in [0.1, 0.15) is 0 Å². The zero-order chi connectivity index (χ0) is 16.0. The summed E-state index contributed by atoms with van der Waals surface area (Å²) in [4.78, 5) is 19.4. The van der Waals surface area contributed by atoms with Crippen molar-refractivity contribution in [2.75, 3.05) is 6.23 Å². The Morgan fingerprint density at radius 3 is 2.19 bits per heavy atom. The molecule has 0 unspecified atom stereocenters. The molecular formula is C13H21N5O2Si. The smallest absolute Gasteiger partial charge is 0.337 e. The Balaban J connectivity index is 2.74. The SMILES string of the molecule is C[Si](C)(C)COC(=O)c1ccc(N=C(N)N=C(N)N)cc1. The molecule has 1 rings (SSSR count). The molecule has 114 valence electrons. The fourth-order valence-electron chi connectivity index (χ4n) is 1.33. The molecule has 8 heteroatoms. The van der Waals surface area contributed by atoms with Crippen molar-refractivity contribution in [3.05, 3.63) is 29.8 Å². The van der Waals surface area contributed by atoms with Gasteiger partial charge in [-0.1, -0.05) is 19.6 Å². The molecule has 0 atom stereocenters. The quantitative estimate of drug-likeness (QED) is 0.330. The number of ether oxygens (including phenoxy) is 1. The van der Waals surface area contributed by atoms with Crippen LogP contribution in [-0.4, -0.2) is 32.2 Å². The summed E-state index contributed by atoms with van der Waals surface area (Å²) in [7, 11) is -1.42. The summed E-state index contributed by atoms with van der Waals surface area (Å²) in [6, 6.07) is 6.52. The molecule has 7 nitrogen and oxygen atoms in total.